The van der Waals surface area contributed by atoms with Crippen LogP contribution in [0.5, 0.6) is 0 Å². The number of rotatable bonds is 4. The fourth-order valence-corrected chi connectivity index (χ4v) is 2.33. The average Bonchev–Trinajstić information content (AvgIpc) is 2.09. The van der Waals surface area contributed by atoms with Crippen LogP contribution in [0.3, 0.4) is 0 Å². The maximum atomic E-state index is 13.2. The van der Waals surface area contributed by atoms with Crippen molar-refractivity contribution in [1.29, 1.82) is 0 Å². The van der Waals surface area contributed by atoms with Gasteiger partial charge in [0.1, 0.15) is 9.84 Å². The van der Waals surface area contributed by atoms with Crippen LogP contribution in [0.15, 0.2) is 18.2 Å². The molecule has 0 aliphatic rings. The summed E-state index contributed by atoms with van der Waals surface area (Å²) in [5, 5.41) is 0. The zero-order valence-electron chi connectivity index (χ0n) is 8.78. The van der Waals surface area contributed by atoms with E-state index in [2.05, 4.69) is 0 Å². The quantitative estimate of drug-likeness (QED) is 0.861. The summed E-state index contributed by atoms with van der Waals surface area (Å²) in [6, 6.07) is 3.02. The van der Waals surface area contributed by atoms with Gasteiger partial charge in [0, 0.05) is 12.3 Å². The zero-order chi connectivity index (χ0) is 12.3. The lowest BCUT2D eigenvalue weighted by Crippen LogP contribution is -2.31. The lowest BCUT2D eigenvalue weighted by atomic mass is 10.1. The predicted octanol–water partition coefficient (Wildman–Crippen LogP) is 0.879. The molecule has 3 nitrogen and oxygen atoms in total. The van der Waals surface area contributed by atoms with Gasteiger partial charge < -0.3 is 5.73 Å². The van der Waals surface area contributed by atoms with Gasteiger partial charge in [-0.2, -0.15) is 0 Å². The molecule has 0 radical (unpaired) electrons. The molecular weight excluding hydrogens is 236 g/mol. The molecule has 16 heavy (non-hydrogen) atoms. The number of hydrogen-bond acceptors (Lipinski definition) is 3. The Morgan fingerprint density at radius 2 is 2.00 bits per heavy atom. The van der Waals surface area contributed by atoms with Gasteiger partial charge in [0.2, 0.25) is 0 Å². The highest BCUT2D eigenvalue weighted by Crippen LogP contribution is 2.13. The molecule has 2 N–H and O–H groups in total. The molecule has 1 aromatic carbocycles. The molecule has 90 valence electrons. The molecule has 6 heteroatoms. The summed E-state index contributed by atoms with van der Waals surface area (Å²) < 4.78 is 47.9. The van der Waals surface area contributed by atoms with E-state index in [1.54, 1.807) is 0 Å². The first-order valence-corrected chi connectivity index (χ1v) is 6.72. The van der Waals surface area contributed by atoms with Crippen LogP contribution in [-0.4, -0.2) is 26.5 Å². The minimum atomic E-state index is -3.21. The van der Waals surface area contributed by atoms with Crippen molar-refractivity contribution in [2.75, 3.05) is 12.0 Å². The SMILES string of the molecule is CS(=O)(=O)CC(N)Cc1cccc(F)c1F. The number of hydrogen-bond donors (Lipinski definition) is 1. The highest BCUT2D eigenvalue weighted by Gasteiger charge is 2.15. The monoisotopic (exact) mass is 249 g/mol. The molecule has 0 saturated heterocycles. The predicted molar refractivity (Wildman–Crippen MR) is 57.7 cm³/mol. The number of halogens is 2. The van der Waals surface area contributed by atoms with Crippen molar-refractivity contribution in [3.63, 3.8) is 0 Å². The van der Waals surface area contributed by atoms with Gasteiger partial charge in [0.05, 0.1) is 5.75 Å². The molecule has 1 atom stereocenters. The topological polar surface area (TPSA) is 60.2 Å². The third kappa shape index (κ3) is 3.86. The van der Waals surface area contributed by atoms with Gasteiger partial charge in [0.15, 0.2) is 11.6 Å². The molecule has 0 aliphatic heterocycles. The molecule has 0 spiro atoms. The molecule has 1 aromatic rings. The van der Waals surface area contributed by atoms with Crippen LogP contribution < -0.4 is 5.73 Å². The molecule has 1 unspecified atom stereocenters. The van der Waals surface area contributed by atoms with Gasteiger partial charge in [-0.3, -0.25) is 0 Å². The Balaban J connectivity index is 2.77. The fourth-order valence-electron chi connectivity index (χ4n) is 1.44. The van der Waals surface area contributed by atoms with E-state index in [1.807, 2.05) is 0 Å². The van der Waals surface area contributed by atoms with Crippen molar-refractivity contribution < 1.29 is 17.2 Å². The molecule has 0 bridgehead atoms. The van der Waals surface area contributed by atoms with Crippen molar-refractivity contribution in [2.24, 2.45) is 5.73 Å². The molecule has 0 fully saturated rings. The second-order valence-electron chi connectivity index (χ2n) is 3.77. The summed E-state index contributed by atoms with van der Waals surface area (Å²) in [5.74, 6) is -2.17. The van der Waals surface area contributed by atoms with E-state index < -0.39 is 27.5 Å². The summed E-state index contributed by atoms with van der Waals surface area (Å²) in [6.07, 6.45) is 1.05. The smallest absolute Gasteiger partial charge is 0.162 e. The number of nitrogens with two attached hydrogens (primary N) is 1. The minimum absolute atomic E-state index is 0.00331. The Kier molecular flexibility index (Phi) is 3.98. The van der Waals surface area contributed by atoms with E-state index in [-0.39, 0.29) is 17.7 Å². The van der Waals surface area contributed by atoms with E-state index in [4.69, 9.17) is 5.73 Å². The minimum Gasteiger partial charge on any atom is -0.326 e. The van der Waals surface area contributed by atoms with Crippen molar-refractivity contribution >= 4 is 9.84 Å². The third-order valence-electron chi connectivity index (χ3n) is 2.03. The molecule has 0 aliphatic carbocycles. The number of sulfone groups is 1. The second kappa shape index (κ2) is 4.88. The highest BCUT2D eigenvalue weighted by molar-refractivity contribution is 7.90. The van der Waals surface area contributed by atoms with Crippen molar-refractivity contribution in [3.05, 3.63) is 35.4 Å². The van der Waals surface area contributed by atoms with Gasteiger partial charge in [0.25, 0.3) is 0 Å². The van der Waals surface area contributed by atoms with Crippen molar-refractivity contribution in [3.8, 4) is 0 Å². The Morgan fingerprint density at radius 3 is 2.56 bits per heavy atom. The van der Waals surface area contributed by atoms with E-state index in [1.165, 1.54) is 12.1 Å². The van der Waals surface area contributed by atoms with Crippen molar-refractivity contribution in [2.45, 2.75) is 12.5 Å². The second-order valence-corrected chi connectivity index (χ2v) is 5.95. The lowest BCUT2D eigenvalue weighted by molar-refractivity contribution is 0.494. The third-order valence-corrected chi connectivity index (χ3v) is 3.06. The highest BCUT2D eigenvalue weighted by atomic mass is 32.2. The van der Waals surface area contributed by atoms with Gasteiger partial charge in [-0.05, 0) is 18.1 Å². The van der Waals surface area contributed by atoms with Crippen LogP contribution in [0.2, 0.25) is 0 Å². The summed E-state index contributed by atoms with van der Waals surface area (Å²) in [5.41, 5.74) is 5.64. The Morgan fingerprint density at radius 1 is 1.38 bits per heavy atom. The van der Waals surface area contributed by atoms with Crippen LogP contribution in [0.25, 0.3) is 0 Å². The Hall–Kier alpha value is -1.01. The lowest BCUT2D eigenvalue weighted by Gasteiger charge is -2.11. The maximum absolute atomic E-state index is 13.2. The van der Waals surface area contributed by atoms with Gasteiger partial charge in [-0.15, -0.1) is 0 Å². The number of benzene rings is 1. The van der Waals surface area contributed by atoms with E-state index in [0.717, 1.165) is 12.3 Å². The van der Waals surface area contributed by atoms with E-state index >= 15 is 0 Å². The van der Waals surface area contributed by atoms with Crippen LogP contribution in [0.4, 0.5) is 8.78 Å². The Bertz CT molecular complexity index is 474. The molecular formula is C10H13F2NO2S. The van der Waals surface area contributed by atoms with Crippen LogP contribution in [0.1, 0.15) is 5.56 Å². The van der Waals surface area contributed by atoms with Crippen LogP contribution in [0, 0.1) is 11.6 Å². The van der Waals surface area contributed by atoms with Gasteiger partial charge in [-0.1, -0.05) is 12.1 Å². The first-order valence-electron chi connectivity index (χ1n) is 4.66. The van der Waals surface area contributed by atoms with Crippen LogP contribution >= 0.6 is 0 Å². The summed E-state index contributed by atoms with van der Waals surface area (Å²) in [4.78, 5) is 0. The zero-order valence-corrected chi connectivity index (χ0v) is 9.60. The molecule has 0 saturated carbocycles. The normalized spacial score (nSPS) is 13.8. The average molecular weight is 249 g/mol. The van der Waals surface area contributed by atoms with E-state index in [0.29, 0.717) is 0 Å². The summed E-state index contributed by atoms with van der Waals surface area (Å²) >= 11 is 0. The summed E-state index contributed by atoms with van der Waals surface area (Å²) in [6.45, 7) is 0. The largest absolute Gasteiger partial charge is 0.326 e. The molecule has 0 heterocycles. The molecule has 0 amide bonds. The fraction of sp³-hybridized carbons (Fsp3) is 0.400. The first-order chi connectivity index (χ1) is 7.29. The first kappa shape index (κ1) is 13.1. The summed E-state index contributed by atoms with van der Waals surface area (Å²) in [7, 11) is -3.21. The molecule has 0 aromatic heterocycles. The maximum Gasteiger partial charge on any atom is 0.162 e. The molecule has 1 rings (SSSR count). The van der Waals surface area contributed by atoms with Gasteiger partial charge in [-0.25, -0.2) is 17.2 Å². The Labute approximate surface area is 93.2 Å². The van der Waals surface area contributed by atoms with E-state index in [9.17, 15) is 17.2 Å². The van der Waals surface area contributed by atoms with Crippen LogP contribution in [-0.2, 0) is 16.3 Å². The van der Waals surface area contributed by atoms with Gasteiger partial charge >= 0.3 is 0 Å². The standard InChI is InChI=1S/C10H13F2NO2S/c1-16(14,15)6-8(13)5-7-3-2-4-9(11)10(7)12/h2-4,8H,5-6,13H2,1H3. The van der Waals surface area contributed by atoms with Crippen molar-refractivity contribution in [1.82, 2.24) is 0 Å².